The number of aromatic amines is 2. The third kappa shape index (κ3) is 6.98. The Morgan fingerprint density at radius 2 is 2.06 bits per heavy atom. The van der Waals surface area contributed by atoms with Crippen LogP contribution in [0.5, 0.6) is 0 Å². The summed E-state index contributed by atoms with van der Waals surface area (Å²) in [7, 11) is 1.62. The van der Waals surface area contributed by atoms with Crippen LogP contribution in [0.1, 0.15) is 63.0 Å². The Morgan fingerprint density at radius 1 is 1.24 bits per heavy atom. The molecule has 0 unspecified atom stereocenters. The highest BCUT2D eigenvalue weighted by molar-refractivity contribution is 5.74. The van der Waals surface area contributed by atoms with Crippen molar-refractivity contribution in [2.75, 3.05) is 25.6 Å². The maximum Gasteiger partial charge on any atom is 0.432 e. The summed E-state index contributed by atoms with van der Waals surface area (Å²) in [6.45, 7) is 1.03. The number of ether oxygens (including phenoxy) is 1. The van der Waals surface area contributed by atoms with Gasteiger partial charge in [-0.1, -0.05) is 22.8 Å². The van der Waals surface area contributed by atoms with Crippen LogP contribution in [-0.2, 0) is 4.74 Å². The summed E-state index contributed by atoms with van der Waals surface area (Å²) in [5.41, 5.74) is 1.20. The van der Waals surface area contributed by atoms with E-state index < -0.39 is 0 Å². The lowest BCUT2D eigenvalue weighted by Crippen LogP contribution is -2.44. The summed E-state index contributed by atoms with van der Waals surface area (Å²) < 4.78 is 4.94. The second kappa shape index (κ2) is 11.7. The molecule has 2 heterocycles. The summed E-state index contributed by atoms with van der Waals surface area (Å²) in [4.78, 5) is 24.1. The predicted octanol–water partition coefficient (Wildman–Crippen LogP) is 3.23. The van der Waals surface area contributed by atoms with E-state index in [0.29, 0.717) is 36.8 Å². The van der Waals surface area contributed by atoms with E-state index in [-0.39, 0.29) is 12.1 Å². The molecule has 0 bridgehead atoms. The first kappa shape index (κ1) is 23.2. The highest BCUT2D eigenvalue weighted by Crippen LogP contribution is 2.34. The maximum atomic E-state index is 11.9. The van der Waals surface area contributed by atoms with Crippen LogP contribution in [0.2, 0.25) is 0 Å². The molecule has 0 aromatic carbocycles. The molecule has 10 heteroatoms. The Balaban J connectivity index is 1.23. The van der Waals surface area contributed by atoms with Crippen LogP contribution >= 0.6 is 0 Å². The molecule has 2 aliphatic rings. The molecular weight excluding hydrogens is 420 g/mol. The van der Waals surface area contributed by atoms with E-state index in [1.54, 1.807) is 7.11 Å². The van der Waals surface area contributed by atoms with Gasteiger partial charge >= 0.3 is 12.0 Å². The quantitative estimate of drug-likeness (QED) is 0.341. The fraction of sp³-hybridized carbons (Fsp3) is 0.609. The topological polar surface area (TPSA) is 130 Å². The van der Waals surface area contributed by atoms with Crippen molar-refractivity contribution in [2.45, 2.75) is 63.3 Å². The second-order valence-electron chi connectivity index (χ2n) is 8.90. The van der Waals surface area contributed by atoms with Crippen molar-refractivity contribution in [2.24, 2.45) is 10.9 Å². The number of hydrogen-bond donors (Lipinski definition) is 4. The van der Waals surface area contributed by atoms with Gasteiger partial charge in [0.05, 0.1) is 19.0 Å². The smallest absolute Gasteiger partial charge is 0.383 e. The molecule has 2 aliphatic carbocycles. The molecule has 0 atom stereocenters. The molecule has 2 amide bonds. The summed E-state index contributed by atoms with van der Waals surface area (Å²) >= 11 is 0. The van der Waals surface area contributed by atoms with Crippen molar-refractivity contribution in [1.82, 2.24) is 25.8 Å². The van der Waals surface area contributed by atoms with Gasteiger partial charge in [-0.05, 0) is 38.5 Å². The number of urea groups is 1. The third-order valence-electron chi connectivity index (χ3n) is 6.44. The molecule has 5 N–H and O–H groups in total. The number of aliphatic imine (C=N–C) groups is 1. The summed E-state index contributed by atoms with van der Waals surface area (Å²) in [5.74, 6) is 3.03. The van der Waals surface area contributed by atoms with Crippen LogP contribution in [0.3, 0.4) is 0 Å². The molecule has 2 saturated carbocycles. The number of amides is 2. The van der Waals surface area contributed by atoms with Crippen LogP contribution in [0, 0.1) is 5.92 Å². The summed E-state index contributed by atoms with van der Waals surface area (Å²) in [6, 6.07) is 4.04. The zero-order valence-corrected chi connectivity index (χ0v) is 19.3. The van der Waals surface area contributed by atoms with Gasteiger partial charge in [-0.2, -0.15) is 5.10 Å². The molecule has 2 fully saturated rings. The van der Waals surface area contributed by atoms with Crippen molar-refractivity contribution in [3.63, 3.8) is 0 Å². The number of methoxy groups -OCH3 is 1. The van der Waals surface area contributed by atoms with Crippen LogP contribution in [0.25, 0.3) is 0 Å². The van der Waals surface area contributed by atoms with Crippen molar-refractivity contribution in [3.05, 3.63) is 24.0 Å². The fourth-order valence-electron chi connectivity index (χ4n) is 4.58. The van der Waals surface area contributed by atoms with Crippen molar-refractivity contribution in [1.29, 1.82) is 0 Å². The van der Waals surface area contributed by atoms with E-state index in [0.717, 1.165) is 31.5 Å². The molecule has 0 aliphatic heterocycles. The van der Waals surface area contributed by atoms with Gasteiger partial charge in [0.1, 0.15) is 0 Å². The van der Waals surface area contributed by atoms with Gasteiger partial charge in [0, 0.05) is 49.4 Å². The standard InChI is InChI=1S/C23H34N8O2/c1-33-13-12-25-23(32)27-18-8-6-16(7-9-18)15-26-22-24-11-10-20(29-22)28-21-14-19(30-31-21)17-4-2-3-5-17/h10-11,14-18H,2-9,12-13H2,1H3,(H2,25,27,32)(H2,24,28,29,30,31)/p+1/b26-15+. The van der Waals surface area contributed by atoms with E-state index >= 15 is 0 Å². The summed E-state index contributed by atoms with van der Waals surface area (Å²) in [5, 5.41) is 16.7. The average molecular weight is 456 g/mol. The van der Waals surface area contributed by atoms with Crippen molar-refractivity contribution < 1.29 is 14.5 Å². The monoisotopic (exact) mass is 455 g/mol. The molecule has 2 aromatic heterocycles. The highest BCUT2D eigenvalue weighted by Gasteiger charge is 2.23. The second-order valence-corrected chi connectivity index (χ2v) is 8.90. The number of aromatic nitrogens is 4. The van der Waals surface area contributed by atoms with E-state index in [4.69, 9.17) is 4.74 Å². The molecule has 10 nitrogen and oxygen atoms in total. The summed E-state index contributed by atoms with van der Waals surface area (Å²) in [6.07, 6.45) is 12.7. The predicted molar refractivity (Wildman–Crippen MR) is 126 cm³/mol. The number of anilines is 2. The molecule has 0 radical (unpaired) electrons. The molecule has 178 valence electrons. The number of carbonyl (C=O) groups excluding carboxylic acids is 1. The number of nitrogens with one attached hydrogen (secondary N) is 5. The minimum absolute atomic E-state index is 0.125. The minimum atomic E-state index is -0.125. The zero-order chi connectivity index (χ0) is 22.9. The van der Waals surface area contributed by atoms with Gasteiger partial charge in [0.15, 0.2) is 5.82 Å². The highest BCUT2D eigenvalue weighted by atomic mass is 16.5. The third-order valence-corrected chi connectivity index (χ3v) is 6.44. The van der Waals surface area contributed by atoms with E-state index in [1.807, 2.05) is 18.5 Å². The number of hydrogen-bond acceptors (Lipinski definition) is 6. The van der Waals surface area contributed by atoms with E-state index in [2.05, 4.69) is 47.2 Å². The van der Waals surface area contributed by atoms with Crippen LogP contribution in [0.4, 0.5) is 22.4 Å². The zero-order valence-electron chi connectivity index (χ0n) is 19.3. The van der Waals surface area contributed by atoms with Crippen molar-refractivity contribution >= 4 is 29.8 Å². The van der Waals surface area contributed by atoms with Gasteiger partial charge in [-0.15, -0.1) is 0 Å². The van der Waals surface area contributed by atoms with Crippen molar-refractivity contribution in [3.8, 4) is 0 Å². The number of H-pyrrole nitrogens is 2. The minimum Gasteiger partial charge on any atom is -0.383 e. The Labute approximate surface area is 194 Å². The van der Waals surface area contributed by atoms with Gasteiger partial charge in [-0.25, -0.2) is 9.78 Å². The lowest BCUT2D eigenvalue weighted by Gasteiger charge is -2.26. The van der Waals surface area contributed by atoms with Crippen LogP contribution in [-0.4, -0.2) is 53.7 Å². The first-order valence-electron chi connectivity index (χ1n) is 12.0. The van der Waals surface area contributed by atoms with Crippen LogP contribution < -0.4 is 20.9 Å². The lowest BCUT2D eigenvalue weighted by atomic mass is 9.87. The molecule has 33 heavy (non-hydrogen) atoms. The van der Waals surface area contributed by atoms with Gasteiger partial charge in [0.25, 0.3) is 0 Å². The SMILES string of the molecule is COCCNC(=O)NC1CCC(/C=N/c2nc(Nc3cc(C4CCCC4)[nH]n3)cc[nH+]2)CC1. The molecule has 4 rings (SSSR count). The average Bonchev–Trinajstić information content (AvgIpc) is 3.51. The van der Waals surface area contributed by atoms with E-state index in [1.165, 1.54) is 31.4 Å². The Bertz CT molecular complexity index is 917. The first-order valence-corrected chi connectivity index (χ1v) is 12.0. The molecule has 0 spiro atoms. The van der Waals surface area contributed by atoms with Gasteiger partial charge < -0.3 is 20.7 Å². The Morgan fingerprint density at radius 3 is 2.85 bits per heavy atom. The number of rotatable bonds is 9. The Hall–Kier alpha value is -3.01. The number of nitrogens with zero attached hydrogens (tertiary/aromatic N) is 3. The largest absolute Gasteiger partial charge is 0.432 e. The lowest BCUT2D eigenvalue weighted by molar-refractivity contribution is -0.366. The van der Waals surface area contributed by atoms with E-state index in [9.17, 15) is 4.79 Å². The van der Waals surface area contributed by atoms with Gasteiger partial charge in [0.2, 0.25) is 5.82 Å². The molecular formula is C23H35N8O2+. The molecule has 2 aromatic rings. The number of carbonyl (C=O) groups is 1. The van der Waals surface area contributed by atoms with Crippen LogP contribution in [0.15, 0.2) is 23.3 Å². The fourth-order valence-corrected chi connectivity index (χ4v) is 4.58. The Kier molecular flexibility index (Phi) is 8.24. The normalized spacial score (nSPS) is 21.4. The molecule has 0 saturated heterocycles. The first-order chi connectivity index (χ1) is 16.2. The van der Waals surface area contributed by atoms with Gasteiger partial charge in [-0.3, -0.25) is 5.10 Å². The maximum absolute atomic E-state index is 11.9.